The molecule has 1 amide bonds. The molecule has 1 N–H and O–H groups in total. The molecular formula is C15H19ClN2O. The quantitative estimate of drug-likeness (QED) is 0.862. The Morgan fingerprint density at radius 1 is 1.32 bits per heavy atom. The molecule has 0 atom stereocenters. The number of likely N-dealkylation sites (tertiary alicyclic amines) is 1. The van der Waals surface area contributed by atoms with Crippen molar-refractivity contribution in [2.45, 2.75) is 18.9 Å². The van der Waals surface area contributed by atoms with Gasteiger partial charge in [0, 0.05) is 17.1 Å². The topological polar surface area (TPSA) is 32.3 Å². The van der Waals surface area contributed by atoms with E-state index in [2.05, 4.69) is 17.3 Å². The van der Waals surface area contributed by atoms with Gasteiger partial charge < -0.3 is 10.2 Å². The number of piperidine rings is 1. The third-order valence-electron chi connectivity index (χ3n) is 3.36. The number of carbonyl (C=O) groups excluding carboxylic acids is 1. The van der Waals surface area contributed by atoms with Crippen LogP contribution in [0.4, 0.5) is 0 Å². The summed E-state index contributed by atoms with van der Waals surface area (Å²) in [5.41, 5.74) is 0.975. The Hall–Kier alpha value is -1.32. The van der Waals surface area contributed by atoms with Gasteiger partial charge in [-0.15, -0.1) is 0 Å². The first-order chi connectivity index (χ1) is 9.13. The first-order valence-electron chi connectivity index (χ1n) is 6.56. The first kappa shape index (κ1) is 14.1. The third kappa shape index (κ3) is 4.69. The molecule has 102 valence electrons. The van der Waals surface area contributed by atoms with E-state index in [0.29, 0.717) is 11.1 Å². The van der Waals surface area contributed by atoms with Crippen molar-refractivity contribution in [2.75, 3.05) is 20.1 Å². The molecule has 3 nitrogen and oxygen atoms in total. The number of rotatable bonds is 3. The van der Waals surface area contributed by atoms with E-state index >= 15 is 0 Å². The number of carbonyl (C=O) groups is 1. The van der Waals surface area contributed by atoms with E-state index in [1.165, 1.54) is 0 Å². The number of halogens is 1. The van der Waals surface area contributed by atoms with Gasteiger partial charge in [-0.1, -0.05) is 23.7 Å². The minimum Gasteiger partial charge on any atom is -0.350 e. The molecule has 2 rings (SSSR count). The average molecular weight is 279 g/mol. The molecule has 1 heterocycles. The van der Waals surface area contributed by atoms with Gasteiger partial charge in [0.15, 0.2) is 0 Å². The summed E-state index contributed by atoms with van der Waals surface area (Å²) < 4.78 is 0. The van der Waals surface area contributed by atoms with Crippen LogP contribution in [0.1, 0.15) is 18.4 Å². The highest BCUT2D eigenvalue weighted by Crippen LogP contribution is 2.11. The van der Waals surface area contributed by atoms with Crippen molar-refractivity contribution in [3.63, 3.8) is 0 Å². The summed E-state index contributed by atoms with van der Waals surface area (Å²) in [6.07, 6.45) is 5.44. The third-order valence-corrected chi connectivity index (χ3v) is 3.61. The number of nitrogens with one attached hydrogen (secondary N) is 1. The molecule has 1 aromatic rings. The fraction of sp³-hybridized carbons (Fsp3) is 0.400. The van der Waals surface area contributed by atoms with Crippen molar-refractivity contribution < 1.29 is 4.79 Å². The summed E-state index contributed by atoms with van der Waals surface area (Å²) in [5, 5.41) is 3.74. The molecule has 1 aromatic carbocycles. The van der Waals surface area contributed by atoms with Crippen LogP contribution in [0.25, 0.3) is 6.08 Å². The molecule has 0 bridgehead atoms. The molecule has 0 unspecified atom stereocenters. The molecule has 19 heavy (non-hydrogen) atoms. The number of hydrogen-bond donors (Lipinski definition) is 1. The van der Waals surface area contributed by atoms with Crippen molar-refractivity contribution in [2.24, 2.45) is 0 Å². The number of amides is 1. The molecule has 0 aromatic heterocycles. The van der Waals surface area contributed by atoms with E-state index in [0.717, 1.165) is 31.5 Å². The number of nitrogens with zero attached hydrogens (tertiary/aromatic N) is 1. The Kier molecular flexibility index (Phi) is 5.00. The maximum absolute atomic E-state index is 11.8. The molecule has 0 radical (unpaired) electrons. The highest BCUT2D eigenvalue weighted by Gasteiger charge is 2.17. The van der Waals surface area contributed by atoms with E-state index < -0.39 is 0 Å². The maximum Gasteiger partial charge on any atom is 0.244 e. The van der Waals surface area contributed by atoms with Crippen molar-refractivity contribution in [1.82, 2.24) is 10.2 Å². The molecule has 1 fully saturated rings. The second-order valence-electron chi connectivity index (χ2n) is 4.97. The van der Waals surface area contributed by atoms with Gasteiger partial charge in [-0.3, -0.25) is 4.79 Å². The minimum atomic E-state index is -0.0236. The molecular weight excluding hydrogens is 260 g/mol. The van der Waals surface area contributed by atoms with Gasteiger partial charge in [0.2, 0.25) is 5.91 Å². The van der Waals surface area contributed by atoms with Crippen LogP contribution in [0.15, 0.2) is 30.3 Å². The molecule has 0 spiro atoms. The van der Waals surface area contributed by atoms with Crippen molar-refractivity contribution >= 4 is 23.6 Å². The Bertz CT molecular complexity index is 448. The predicted octanol–water partition coefficient (Wildman–Crippen LogP) is 2.56. The molecule has 1 saturated heterocycles. The van der Waals surface area contributed by atoms with Crippen LogP contribution in [0, 0.1) is 0 Å². The van der Waals surface area contributed by atoms with Crippen LogP contribution in [0.2, 0.25) is 5.02 Å². The van der Waals surface area contributed by atoms with Crippen LogP contribution < -0.4 is 5.32 Å². The van der Waals surface area contributed by atoms with Crippen LogP contribution in [0.3, 0.4) is 0 Å². The fourth-order valence-corrected chi connectivity index (χ4v) is 2.27. The first-order valence-corrected chi connectivity index (χ1v) is 6.94. The summed E-state index contributed by atoms with van der Waals surface area (Å²) in [5.74, 6) is -0.0236. The zero-order valence-electron chi connectivity index (χ0n) is 11.1. The van der Waals surface area contributed by atoms with Crippen LogP contribution in [-0.2, 0) is 4.79 Å². The number of hydrogen-bond acceptors (Lipinski definition) is 2. The highest BCUT2D eigenvalue weighted by atomic mass is 35.5. The van der Waals surface area contributed by atoms with Crippen LogP contribution >= 0.6 is 11.6 Å². The predicted molar refractivity (Wildman–Crippen MR) is 79.1 cm³/mol. The van der Waals surface area contributed by atoms with Crippen molar-refractivity contribution in [1.29, 1.82) is 0 Å². The highest BCUT2D eigenvalue weighted by molar-refractivity contribution is 6.30. The Balaban J connectivity index is 1.82. The fourth-order valence-electron chi connectivity index (χ4n) is 2.15. The van der Waals surface area contributed by atoms with E-state index in [1.807, 2.05) is 24.3 Å². The van der Waals surface area contributed by atoms with Gasteiger partial charge >= 0.3 is 0 Å². The van der Waals surface area contributed by atoms with Crippen LogP contribution in [0.5, 0.6) is 0 Å². The van der Waals surface area contributed by atoms with E-state index in [1.54, 1.807) is 12.2 Å². The van der Waals surface area contributed by atoms with Gasteiger partial charge in [-0.05, 0) is 56.8 Å². The van der Waals surface area contributed by atoms with Gasteiger partial charge in [-0.25, -0.2) is 0 Å². The van der Waals surface area contributed by atoms with E-state index in [9.17, 15) is 4.79 Å². The minimum absolute atomic E-state index is 0.0236. The average Bonchev–Trinajstić information content (AvgIpc) is 2.41. The summed E-state index contributed by atoms with van der Waals surface area (Å²) >= 11 is 5.81. The van der Waals surface area contributed by atoms with Crippen LogP contribution in [-0.4, -0.2) is 37.0 Å². The Morgan fingerprint density at radius 2 is 1.95 bits per heavy atom. The number of benzene rings is 1. The largest absolute Gasteiger partial charge is 0.350 e. The zero-order chi connectivity index (χ0) is 13.7. The second-order valence-corrected chi connectivity index (χ2v) is 5.41. The van der Waals surface area contributed by atoms with Gasteiger partial charge in [0.25, 0.3) is 0 Å². The molecule has 1 aliphatic heterocycles. The second kappa shape index (κ2) is 6.73. The van der Waals surface area contributed by atoms with Gasteiger partial charge in [-0.2, -0.15) is 0 Å². The lowest BCUT2D eigenvalue weighted by molar-refractivity contribution is -0.117. The Labute approximate surface area is 119 Å². The normalized spacial score (nSPS) is 17.8. The Morgan fingerprint density at radius 3 is 2.58 bits per heavy atom. The zero-order valence-corrected chi connectivity index (χ0v) is 11.9. The summed E-state index contributed by atoms with van der Waals surface area (Å²) in [6, 6.07) is 7.72. The van der Waals surface area contributed by atoms with E-state index in [4.69, 9.17) is 11.6 Å². The van der Waals surface area contributed by atoms with Gasteiger partial charge in [0.05, 0.1) is 0 Å². The maximum atomic E-state index is 11.8. The summed E-state index contributed by atoms with van der Waals surface area (Å²) in [7, 11) is 2.11. The van der Waals surface area contributed by atoms with E-state index in [-0.39, 0.29) is 5.91 Å². The summed E-state index contributed by atoms with van der Waals surface area (Å²) in [4.78, 5) is 14.1. The molecule has 4 heteroatoms. The lowest BCUT2D eigenvalue weighted by Crippen LogP contribution is -2.42. The smallest absolute Gasteiger partial charge is 0.244 e. The lowest BCUT2D eigenvalue weighted by atomic mass is 10.1. The molecule has 1 aliphatic rings. The monoisotopic (exact) mass is 278 g/mol. The lowest BCUT2D eigenvalue weighted by Gasteiger charge is -2.29. The van der Waals surface area contributed by atoms with Crippen molar-refractivity contribution in [3.05, 3.63) is 40.9 Å². The van der Waals surface area contributed by atoms with Gasteiger partial charge in [0.1, 0.15) is 0 Å². The molecule has 0 saturated carbocycles. The standard InChI is InChI=1S/C15H19ClN2O/c1-18-10-8-14(9-11-18)17-15(19)7-4-12-2-5-13(16)6-3-12/h2-7,14H,8-11H2,1H3,(H,17,19). The SMILES string of the molecule is CN1CCC(NC(=O)C=Cc2ccc(Cl)cc2)CC1. The molecule has 0 aliphatic carbocycles. The van der Waals surface area contributed by atoms with Crippen molar-refractivity contribution in [3.8, 4) is 0 Å². The summed E-state index contributed by atoms with van der Waals surface area (Å²) in [6.45, 7) is 2.09.